The van der Waals surface area contributed by atoms with Crippen LogP contribution >= 0.6 is 0 Å². The van der Waals surface area contributed by atoms with Crippen molar-refractivity contribution in [3.05, 3.63) is 59.2 Å². The van der Waals surface area contributed by atoms with Crippen molar-refractivity contribution in [1.82, 2.24) is 10.2 Å². The summed E-state index contributed by atoms with van der Waals surface area (Å²) < 4.78 is 27.9. The average Bonchev–Trinajstić information content (AvgIpc) is 2.74. The van der Waals surface area contributed by atoms with Crippen LogP contribution in [0.3, 0.4) is 0 Å². The molecule has 0 spiro atoms. The second kappa shape index (κ2) is 9.51. The van der Waals surface area contributed by atoms with Crippen molar-refractivity contribution in [3.8, 4) is 0 Å². The van der Waals surface area contributed by atoms with Gasteiger partial charge in [-0.2, -0.15) is 0 Å². The van der Waals surface area contributed by atoms with Crippen LogP contribution in [0.1, 0.15) is 41.3 Å². The monoisotopic (exact) mass is 443 g/mol. The summed E-state index contributed by atoms with van der Waals surface area (Å²) in [4.78, 5) is 25.8. The zero-order chi connectivity index (χ0) is 22.6. The summed E-state index contributed by atoms with van der Waals surface area (Å²) in [7, 11) is -3.70. The second-order valence-electron chi connectivity index (χ2n) is 8.10. The van der Waals surface area contributed by atoms with Gasteiger partial charge in [-0.15, -0.1) is 0 Å². The molecule has 0 atom stereocenters. The molecule has 2 N–H and O–H groups in total. The molecule has 1 aliphatic rings. The van der Waals surface area contributed by atoms with Crippen LogP contribution in [0.25, 0.3) is 0 Å². The van der Waals surface area contributed by atoms with Gasteiger partial charge in [0, 0.05) is 37.8 Å². The highest BCUT2D eigenvalue weighted by Gasteiger charge is 2.24. The second-order valence-corrected chi connectivity index (χ2v) is 9.78. The van der Waals surface area contributed by atoms with Crippen LogP contribution in [0.15, 0.2) is 47.4 Å². The Hall–Kier alpha value is -2.87. The lowest BCUT2D eigenvalue weighted by molar-refractivity contribution is -0.119. The lowest BCUT2D eigenvalue weighted by Crippen LogP contribution is -2.41. The number of carbonyl (C=O) groups is 2. The number of sulfonamides is 1. The van der Waals surface area contributed by atoms with Crippen molar-refractivity contribution in [2.45, 2.75) is 38.5 Å². The highest BCUT2D eigenvalue weighted by Crippen LogP contribution is 2.21. The van der Waals surface area contributed by atoms with E-state index in [2.05, 4.69) is 10.0 Å². The first kappa shape index (κ1) is 22.8. The van der Waals surface area contributed by atoms with E-state index in [1.807, 2.05) is 13.8 Å². The normalized spacial score (nSPS) is 14.9. The van der Waals surface area contributed by atoms with E-state index in [9.17, 15) is 18.0 Å². The van der Waals surface area contributed by atoms with E-state index in [0.717, 1.165) is 24.0 Å². The van der Waals surface area contributed by atoms with Crippen molar-refractivity contribution in [2.75, 3.05) is 24.4 Å². The summed E-state index contributed by atoms with van der Waals surface area (Å²) in [5, 5.41) is 2.83. The zero-order valence-electron chi connectivity index (χ0n) is 18.1. The van der Waals surface area contributed by atoms with Crippen LogP contribution < -0.4 is 10.0 Å². The SMILES string of the molecule is CC(=O)NCC1CCN(C(=O)c2ccc(NS(=O)(=O)c3ccc(C)c(C)c3)cc2)CC1. The van der Waals surface area contributed by atoms with Crippen LogP contribution in [-0.4, -0.2) is 44.8 Å². The molecule has 31 heavy (non-hydrogen) atoms. The van der Waals surface area contributed by atoms with Gasteiger partial charge in [0.2, 0.25) is 5.91 Å². The summed E-state index contributed by atoms with van der Waals surface area (Å²) in [6, 6.07) is 11.5. The maximum Gasteiger partial charge on any atom is 0.261 e. The Balaban J connectivity index is 1.60. The molecule has 0 aliphatic carbocycles. The number of nitrogens with zero attached hydrogens (tertiary/aromatic N) is 1. The quantitative estimate of drug-likeness (QED) is 0.717. The molecule has 166 valence electrons. The molecule has 0 unspecified atom stereocenters. The molecular formula is C23H29N3O4S. The Morgan fingerprint density at radius 3 is 2.23 bits per heavy atom. The third-order valence-electron chi connectivity index (χ3n) is 5.71. The maximum atomic E-state index is 12.8. The van der Waals surface area contributed by atoms with Gasteiger partial charge in [0.25, 0.3) is 15.9 Å². The van der Waals surface area contributed by atoms with Gasteiger partial charge < -0.3 is 10.2 Å². The van der Waals surface area contributed by atoms with Crippen LogP contribution in [0.2, 0.25) is 0 Å². The number of aryl methyl sites for hydroxylation is 2. The molecule has 3 rings (SSSR count). The number of hydrogen-bond donors (Lipinski definition) is 2. The molecule has 2 aromatic rings. The van der Waals surface area contributed by atoms with E-state index in [4.69, 9.17) is 0 Å². The molecule has 1 aliphatic heterocycles. The summed E-state index contributed by atoms with van der Waals surface area (Å²) in [5.74, 6) is 0.281. The molecule has 0 saturated carbocycles. The topological polar surface area (TPSA) is 95.6 Å². The van der Waals surface area contributed by atoms with E-state index in [1.165, 1.54) is 6.92 Å². The fourth-order valence-corrected chi connectivity index (χ4v) is 4.73. The predicted octanol–water partition coefficient (Wildman–Crippen LogP) is 3.09. The molecule has 1 fully saturated rings. The molecule has 8 heteroatoms. The van der Waals surface area contributed by atoms with Crippen LogP contribution in [0.4, 0.5) is 5.69 Å². The van der Waals surface area contributed by atoms with Gasteiger partial charge in [-0.3, -0.25) is 14.3 Å². The Morgan fingerprint density at radius 1 is 1.00 bits per heavy atom. The molecule has 2 aromatic carbocycles. The zero-order valence-corrected chi connectivity index (χ0v) is 19.0. The van der Waals surface area contributed by atoms with Crippen LogP contribution in [-0.2, 0) is 14.8 Å². The minimum absolute atomic E-state index is 0.0354. The van der Waals surface area contributed by atoms with Crippen molar-refractivity contribution in [1.29, 1.82) is 0 Å². The first-order valence-corrected chi connectivity index (χ1v) is 11.9. The Kier molecular flexibility index (Phi) is 7.00. The number of piperidine rings is 1. The van der Waals surface area contributed by atoms with Gasteiger partial charge >= 0.3 is 0 Å². The van der Waals surface area contributed by atoms with E-state index >= 15 is 0 Å². The van der Waals surface area contributed by atoms with Gasteiger partial charge in [-0.1, -0.05) is 6.07 Å². The molecular weight excluding hydrogens is 414 g/mol. The van der Waals surface area contributed by atoms with E-state index in [-0.39, 0.29) is 16.7 Å². The lowest BCUT2D eigenvalue weighted by atomic mass is 9.96. The Morgan fingerprint density at radius 2 is 1.65 bits per heavy atom. The molecule has 2 amide bonds. The smallest absolute Gasteiger partial charge is 0.261 e. The fraction of sp³-hybridized carbons (Fsp3) is 0.391. The third-order valence-corrected chi connectivity index (χ3v) is 7.09. The third kappa shape index (κ3) is 5.85. The van der Waals surface area contributed by atoms with Crippen LogP contribution in [0.5, 0.6) is 0 Å². The van der Waals surface area contributed by atoms with E-state index < -0.39 is 10.0 Å². The first-order valence-electron chi connectivity index (χ1n) is 10.4. The number of rotatable bonds is 6. The summed E-state index contributed by atoms with van der Waals surface area (Å²) in [6.07, 6.45) is 1.69. The average molecular weight is 444 g/mol. The van der Waals surface area contributed by atoms with E-state index in [0.29, 0.717) is 36.8 Å². The van der Waals surface area contributed by atoms with E-state index in [1.54, 1.807) is 47.4 Å². The largest absolute Gasteiger partial charge is 0.356 e. The lowest BCUT2D eigenvalue weighted by Gasteiger charge is -2.32. The van der Waals surface area contributed by atoms with Gasteiger partial charge in [0.15, 0.2) is 0 Å². The highest BCUT2D eigenvalue weighted by molar-refractivity contribution is 7.92. The molecule has 0 radical (unpaired) electrons. The summed E-state index contributed by atoms with van der Waals surface area (Å²) >= 11 is 0. The maximum absolute atomic E-state index is 12.8. The van der Waals surface area contributed by atoms with Gasteiger partial charge in [-0.05, 0) is 80.1 Å². The number of benzene rings is 2. The standard InChI is InChI=1S/C23H29N3O4S/c1-16-4-9-22(14-17(16)2)31(29,30)25-21-7-5-20(6-8-21)23(28)26-12-10-19(11-13-26)15-24-18(3)27/h4-9,14,19,25H,10-13,15H2,1-3H3,(H,24,27). The number of nitrogens with one attached hydrogen (secondary N) is 2. The fourth-order valence-electron chi connectivity index (χ4n) is 3.59. The molecule has 0 aromatic heterocycles. The van der Waals surface area contributed by atoms with Gasteiger partial charge in [0.05, 0.1) is 4.90 Å². The predicted molar refractivity (Wildman–Crippen MR) is 120 cm³/mol. The number of hydrogen-bond acceptors (Lipinski definition) is 4. The Labute approximate surface area is 183 Å². The molecule has 1 saturated heterocycles. The first-order chi connectivity index (χ1) is 14.7. The molecule has 1 heterocycles. The van der Waals surface area contributed by atoms with Crippen LogP contribution in [0, 0.1) is 19.8 Å². The van der Waals surface area contributed by atoms with Gasteiger partial charge in [0.1, 0.15) is 0 Å². The molecule has 0 bridgehead atoms. The van der Waals surface area contributed by atoms with Crippen molar-refractivity contribution >= 4 is 27.5 Å². The summed E-state index contributed by atoms with van der Waals surface area (Å²) in [6.45, 7) is 7.24. The number of likely N-dealkylation sites (tertiary alicyclic amines) is 1. The number of amides is 2. The van der Waals surface area contributed by atoms with Crippen molar-refractivity contribution < 1.29 is 18.0 Å². The van der Waals surface area contributed by atoms with Crippen molar-refractivity contribution in [2.24, 2.45) is 5.92 Å². The number of anilines is 1. The van der Waals surface area contributed by atoms with Gasteiger partial charge in [-0.25, -0.2) is 8.42 Å². The molecule has 7 nitrogen and oxygen atoms in total. The minimum atomic E-state index is -3.70. The van der Waals surface area contributed by atoms with Crippen molar-refractivity contribution in [3.63, 3.8) is 0 Å². The highest BCUT2D eigenvalue weighted by atomic mass is 32.2. The number of carbonyl (C=O) groups excluding carboxylic acids is 2. The minimum Gasteiger partial charge on any atom is -0.356 e. The summed E-state index contributed by atoms with van der Waals surface area (Å²) in [5.41, 5.74) is 2.86. The Bertz CT molecular complexity index is 1060.